The lowest BCUT2D eigenvalue weighted by atomic mass is 10.4. The van der Waals surface area contributed by atoms with E-state index in [-0.39, 0.29) is 12.4 Å². The summed E-state index contributed by atoms with van der Waals surface area (Å²) >= 11 is 1.52. The van der Waals surface area contributed by atoms with E-state index < -0.39 is 10.0 Å². The maximum absolute atomic E-state index is 11.8. The fraction of sp³-hybridized carbons (Fsp3) is 0.400. The summed E-state index contributed by atoms with van der Waals surface area (Å²) in [5, 5.41) is 2.88. The normalized spacial score (nSPS) is 10.9. The Morgan fingerprint density at radius 2 is 2.00 bits per heavy atom. The maximum Gasteiger partial charge on any atom is 0.240 e. The highest BCUT2D eigenvalue weighted by molar-refractivity contribution is 7.98. The first-order chi connectivity index (χ1) is 7.60. The van der Waals surface area contributed by atoms with Crippen LogP contribution in [0.2, 0.25) is 0 Å². The molecule has 1 aromatic carbocycles. The summed E-state index contributed by atoms with van der Waals surface area (Å²) in [4.78, 5) is 1.26. The number of halogens is 1. The third kappa shape index (κ3) is 5.27. The van der Waals surface area contributed by atoms with Crippen molar-refractivity contribution in [2.75, 3.05) is 26.4 Å². The van der Waals surface area contributed by atoms with E-state index in [2.05, 4.69) is 10.0 Å². The van der Waals surface area contributed by atoms with Gasteiger partial charge in [-0.25, -0.2) is 13.1 Å². The number of hydrogen-bond donors (Lipinski definition) is 2. The van der Waals surface area contributed by atoms with Gasteiger partial charge in [0, 0.05) is 18.0 Å². The molecule has 0 fully saturated rings. The molecule has 0 atom stereocenters. The summed E-state index contributed by atoms with van der Waals surface area (Å²) < 4.78 is 26.2. The fourth-order valence-corrected chi connectivity index (χ4v) is 2.77. The summed E-state index contributed by atoms with van der Waals surface area (Å²) in [5.41, 5.74) is 0. The van der Waals surface area contributed by atoms with Gasteiger partial charge in [-0.05, 0) is 31.5 Å². The molecule has 0 heterocycles. The Balaban J connectivity index is 0.00000256. The van der Waals surface area contributed by atoms with Gasteiger partial charge in [-0.3, -0.25) is 0 Å². The van der Waals surface area contributed by atoms with Crippen LogP contribution in [0.15, 0.2) is 34.1 Å². The van der Waals surface area contributed by atoms with Gasteiger partial charge in [0.2, 0.25) is 10.0 Å². The van der Waals surface area contributed by atoms with Gasteiger partial charge in [0.05, 0.1) is 4.90 Å². The average molecular weight is 297 g/mol. The molecule has 0 radical (unpaired) electrons. The lowest BCUT2D eigenvalue weighted by molar-refractivity contribution is 0.579. The highest BCUT2D eigenvalue weighted by Gasteiger charge is 2.12. The zero-order valence-electron chi connectivity index (χ0n) is 9.76. The SMILES string of the molecule is CNCCNS(=O)(=O)c1cccc(SC)c1.Cl. The van der Waals surface area contributed by atoms with Crippen molar-refractivity contribution in [2.45, 2.75) is 9.79 Å². The molecule has 0 aliphatic rings. The van der Waals surface area contributed by atoms with E-state index >= 15 is 0 Å². The van der Waals surface area contributed by atoms with Crippen LogP contribution in [-0.2, 0) is 10.0 Å². The minimum absolute atomic E-state index is 0. The molecule has 17 heavy (non-hydrogen) atoms. The molecule has 2 N–H and O–H groups in total. The van der Waals surface area contributed by atoms with E-state index in [9.17, 15) is 8.42 Å². The van der Waals surface area contributed by atoms with Gasteiger partial charge in [0.15, 0.2) is 0 Å². The van der Waals surface area contributed by atoms with Crippen molar-refractivity contribution >= 4 is 34.2 Å². The first kappa shape index (κ1) is 16.7. The van der Waals surface area contributed by atoms with E-state index in [0.29, 0.717) is 18.0 Å². The molecule has 0 aliphatic heterocycles. The quantitative estimate of drug-likeness (QED) is 0.614. The summed E-state index contributed by atoms with van der Waals surface area (Å²) in [6.45, 7) is 1.00. The Hall–Kier alpha value is -0.270. The molecule has 0 unspecified atom stereocenters. The van der Waals surface area contributed by atoms with Crippen molar-refractivity contribution < 1.29 is 8.42 Å². The van der Waals surface area contributed by atoms with E-state index in [1.54, 1.807) is 25.2 Å². The van der Waals surface area contributed by atoms with Gasteiger partial charge in [-0.1, -0.05) is 6.07 Å². The number of thioether (sulfide) groups is 1. The second-order valence-corrected chi connectivity index (χ2v) is 5.83. The molecule has 0 aliphatic carbocycles. The average Bonchev–Trinajstić information content (AvgIpc) is 2.29. The monoisotopic (exact) mass is 296 g/mol. The Bertz CT molecular complexity index is 438. The largest absolute Gasteiger partial charge is 0.318 e. The summed E-state index contributed by atoms with van der Waals surface area (Å²) in [6, 6.07) is 6.91. The molecule has 0 spiro atoms. The van der Waals surface area contributed by atoms with Crippen LogP contribution in [-0.4, -0.2) is 34.8 Å². The van der Waals surface area contributed by atoms with Crippen molar-refractivity contribution in [3.63, 3.8) is 0 Å². The second-order valence-electron chi connectivity index (χ2n) is 3.18. The third-order valence-electron chi connectivity index (χ3n) is 2.02. The highest BCUT2D eigenvalue weighted by Crippen LogP contribution is 2.18. The van der Waals surface area contributed by atoms with Crippen molar-refractivity contribution in [3.8, 4) is 0 Å². The topological polar surface area (TPSA) is 58.2 Å². The van der Waals surface area contributed by atoms with Crippen LogP contribution in [0.3, 0.4) is 0 Å². The van der Waals surface area contributed by atoms with Crippen LogP contribution < -0.4 is 10.0 Å². The van der Waals surface area contributed by atoms with Crippen molar-refractivity contribution in [2.24, 2.45) is 0 Å². The van der Waals surface area contributed by atoms with Gasteiger partial charge in [-0.2, -0.15) is 0 Å². The molecular weight excluding hydrogens is 280 g/mol. The number of sulfonamides is 1. The van der Waals surface area contributed by atoms with Gasteiger partial charge >= 0.3 is 0 Å². The number of nitrogens with one attached hydrogen (secondary N) is 2. The lowest BCUT2D eigenvalue weighted by Crippen LogP contribution is -2.30. The first-order valence-electron chi connectivity index (χ1n) is 4.88. The zero-order chi connectivity index (χ0) is 12.0. The maximum atomic E-state index is 11.8. The predicted molar refractivity (Wildman–Crippen MR) is 74.6 cm³/mol. The second kappa shape index (κ2) is 7.94. The lowest BCUT2D eigenvalue weighted by Gasteiger charge is -2.07. The molecule has 4 nitrogen and oxygen atoms in total. The summed E-state index contributed by atoms with van der Waals surface area (Å²) in [6.07, 6.45) is 1.92. The van der Waals surface area contributed by atoms with E-state index in [1.807, 2.05) is 12.3 Å². The molecule has 0 saturated carbocycles. The van der Waals surface area contributed by atoms with Crippen LogP contribution >= 0.6 is 24.2 Å². The fourth-order valence-electron chi connectivity index (χ4n) is 1.16. The first-order valence-corrected chi connectivity index (χ1v) is 7.59. The van der Waals surface area contributed by atoms with E-state index in [4.69, 9.17) is 0 Å². The zero-order valence-corrected chi connectivity index (χ0v) is 12.2. The van der Waals surface area contributed by atoms with Crippen LogP contribution in [0.5, 0.6) is 0 Å². The molecule has 98 valence electrons. The van der Waals surface area contributed by atoms with Crippen LogP contribution in [0.4, 0.5) is 0 Å². The predicted octanol–water partition coefficient (Wildman–Crippen LogP) is 1.33. The molecule has 0 aromatic heterocycles. The minimum Gasteiger partial charge on any atom is -0.318 e. The van der Waals surface area contributed by atoms with Gasteiger partial charge in [-0.15, -0.1) is 24.2 Å². The number of rotatable bonds is 6. The molecular formula is C10H17ClN2O2S2. The minimum atomic E-state index is -3.37. The van der Waals surface area contributed by atoms with Gasteiger partial charge in [0.25, 0.3) is 0 Å². The van der Waals surface area contributed by atoms with Crippen LogP contribution in [0.25, 0.3) is 0 Å². The van der Waals surface area contributed by atoms with Crippen molar-refractivity contribution in [3.05, 3.63) is 24.3 Å². The molecule has 0 saturated heterocycles. The van der Waals surface area contributed by atoms with Crippen LogP contribution in [0, 0.1) is 0 Å². The van der Waals surface area contributed by atoms with E-state index in [0.717, 1.165) is 4.90 Å². The summed E-state index contributed by atoms with van der Waals surface area (Å²) in [5.74, 6) is 0. The smallest absolute Gasteiger partial charge is 0.240 e. The molecule has 0 bridgehead atoms. The summed E-state index contributed by atoms with van der Waals surface area (Å²) in [7, 11) is -1.59. The van der Waals surface area contributed by atoms with Crippen molar-refractivity contribution in [1.29, 1.82) is 0 Å². The Kier molecular flexibility index (Phi) is 7.82. The standard InChI is InChI=1S/C10H16N2O2S2.ClH/c1-11-6-7-12-16(13,14)10-5-3-4-9(8-10)15-2;/h3-5,8,11-12H,6-7H2,1-2H3;1H. The number of benzene rings is 1. The van der Waals surface area contributed by atoms with E-state index in [1.165, 1.54) is 11.8 Å². The van der Waals surface area contributed by atoms with Gasteiger partial charge < -0.3 is 5.32 Å². The Morgan fingerprint density at radius 1 is 1.29 bits per heavy atom. The molecule has 1 aromatic rings. The van der Waals surface area contributed by atoms with Gasteiger partial charge in [0.1, 0.15) is 0 Å². The Labute approximate surface area is 113 Å². The Morgan fingerprint density at radius 3 is 2.59 bits per heavy atom. The highest BCUT2D eigenvalue weighted by atomic mass is 35.5. The number of hydrogen-bond acceptors (Lipinski definition) is 4. The third-order valence-corrected chi connectivity index (χ3v) is 4.20. The number of likely N-dealkylation sites (N-methyl/N-ethyl adjacent to an activating group) is 1. The molecule has 1 rings (SSSR count). The van der Waals surface area contributed by atoms with Crippen LogP contribution in [0.1, 0.15) is 0 Å². The van der Waals surface area contributed by atoms with Crippen molar-refractivity contribution in [1.82, 2.24) is 10.0 Å². The molecule has 7 heteroatoms. The molecule has 0 amide bonds.